The molecule has 0 aromatic carbocycles. The van der Waals surface area contributed by atoms with E-state index in [-0.39, 0.29) is 11.9 Å². The predicted octanol–water partition coefficient (Wildman–Crippen LogP) is 2.93. The van der Waals surface area contributed by atoms with Gasteiger partial charge in [0, 0.05) is 30.0 Å². The summed E-state index contributed by atoms with van der Waals surface area (Å²) in [5.41, 5.74) is 0.997. The van der Waals surface area contributed by atoms with Crippen LogP contribution >= 0.6 is 11.8 Å². The fraction of sp³-hybridized carbons (Fsp3) is 0.312. The summed E-state index contributed by atoms with van der Waals surface area (Å²) >= 11 is 1.56. The molecule has 21 heavy (non-hydrogen) atoms. The molecule has 4 nitrogen and oxygen atoms in total. The van der Waals surface area contributed by atoms with Crippen molar-refractivity contribution in [1.82, 2.24) is 14.9 Å². The van der Waals surface area contributed by atoms with Crippen molar-refractivity contribution in [3.63, 3.8) is 0 Å². The number of pyridine rings is 2. The minimum absolute atomic E-state index is 0.136. The highest BCUT2D eigenvalue weighted by molar-refractivity contribution is 8.00. The summed E-state index contributed by atoms with van der Waals surface area (Å²) in [5, 5.41) is 0. The third-order valence-corrected chi connectivity index (χ3v) is 4.61. The highest BCUT2D eigenvalue weighted by atomic mass is 32.2. The highest BCUT2D eigenvalue weighted by Gasteiger charge is 2.30. The van der Waals surface area contributed by atoms with Gasteiger partial charge in [-0.15, -0.1) is 11.8 Å². The normalized spacial score (nSPS) is 17.9. The number of carbonyl (C=O) groups is 1. The maximum Gasteiger partial charge on any atom is 0.233 e. The third kappa shape index (κ3) is 3.42. The second-order valence-electron chi connectivity index (χ2n) is 4.97. The number of thioether (sulfide) groups is 1. The number of amides is 1. The van der Waals surface area contributed by atoms with E-state index >= 15 is 0 Å². The summed E-state index contributed by atoms with van der Waals surface area (Å²) in [6.07, 6.45) is 7.34. The lowest BCUT2D eigenvalue weighted by Gasteiger charge is -2.24. The average molecular weight is 299 g/mol. The molecular weight excluding hydrogens is 282 g/mol. The fourth-order valence-corrected chi connectivity index (χ4v) is 3.38. The van der Waals surface area contributed by atoms with E-state index in [1.807, 2.05) is 35.2 Å². The van der Waals surface area contributed by atoms with Crippen LogP contribution in [0.1, 0.15) is 24.6 Å². The number of nitrogens with zero attached hydrogens (tertiary/aromatic N) is 3. The largest absolute Gasteiger partial charge is 0.333 e. The van der Waals surface area contributed by atoms with Gasteiger partial charge < -0.3 is 4.90 Å². The van der Waals surface area contributed by atoms with Crippen LogP contribution in [-0.2, 0) is 4.79 Å². The molecule has 5 heteroatoms. The second-order valence-corrected chi connectivity index (χ2v) is 6.02. The summed E-state index contributed by atoms with van der Waals surface area (Å²) in [7, 11) is 0. The lowest BCUT2D eigenvalue weighted by Crippen LogP contribution is -2.32. The molecule has 1 unspecified atom stereocenters. The first-order valence-corrected chi connectivity index (χ1v) is 8.06. The fourth-order valence-electron chi connectivity index (χ4n) is 2.61. The molecule has 3 heterocycles. The lowest BCUT2D eigenvalue weighted by molar-refractivity contribution is -0.129. The zero-order chi connectivity index (χ0) is 14.5. The van der Waals surface area contributed by atoms with Gasteiger partial charge in [-0.1, -0.05) is 6.07 Å². The van der Waals surface area contributed by atoms with E-state index in [9.17, 15) is 4.79 Å². The molecule has 0 aliphatic carbocycles. The highest BCUT2D eigenvalue weighted by Crippen LogP contribution is 2.31. The van der Waals surface area contributed by atoms with Crippen molar-refractivity contribution >= 4 is 17.7 Å². The summed E-state index contributed by atoms with van der Waals surface area (Å²) in [5.74, 6) is 0.651. The van der Waals surface area contributed by atoms with Crippen LogP contribution < -0.4 is 0 Å². The molecule has 1 aliphatic heterocycles. The lowest BCUT2D eigenvalue weighted by atomic mass is 10.1. The summed E-state index contributed by atoms with van der Waals surface area (Å²) in [6, 6.07) is 9.89. The second kappa shape index (κ2) is 6.72. The van der Waals surface area contributed by atoms with E-state index in [1.54, 1.807) is 30.4 Å². The maximum absolute atomic E-state index is 12.5. The van der Waals surface area contributed by atoms with Crippen molar-refractivity contribution in [2.45, 2.75) is 23.8 Å². The Morgan fingerprint density at radius 1 is 1.24 bits per heavy atom. The number of aromatic nitrogens is 2. The topological polar surface area (TPSA) is 46.1 Å². The van der Waals surface area contributed by atoms with Crippen molar-refractivity contribution in [2.75, 3.05) is 12.3 Å². The first kappa shape index (κ1) is 14.1. The van der Waals surface area contributed by atoms with Gasteiger partial charge >= 0.3 is 0 Å². The molecule has 0 N–H and O–H groups in total. The average Bonchev–Trinajstić information content (AvgIpc) is 3.04. The molecule has 1 amide bonds. The Hall–Kier alpha value is -1.88. The Balaban J connectivity index is 1.64. The van der Waals surface area contributed by atoms with Crippen LogP contribution in [0.4, 0.5) is 0 Å². The number of hydrogen-bond donors (Lipinski definition) is 0. The van der Waals surface area contributed by atoms with Crippen LogP contribution in [0.3, 0.4) is 0 Å². The van der Waals surface area contributed by atoms with Crippen LogP contribution in [0.15, 0.2) is 53.8 Å². The van der Waals surface area contributed by atoms with Gasteiger partial charge in [0.15, 0.2) is 0 Å². The maximum atomic E-state index is 12.5. The molecule has 2 aromatic heterocycles. The Bertz CT molecular complexity index is 591. The first-order chi connectivity index (χ1) is 10.3. The van der Waals surface area contributed by atoms with E-state index in [0.717, 1.165) is 30.0 Å². The zero-order valence-electron chi connectivity index (χ0n) is 11.7. The van der Waals surface area contributed by atoms with E-state index in [2.05, 4.69) is 9.97 Å². The summed E-state index contributed by atoms with van der Waals surface area (Å²) < 4.78 is 0. The number of likely N-dealkylation sites (tertiary alicyclic amines) is 1. The predicted molar refractivity (Wildman–Crippen MR) is 82.9 cm³/mol. The quantitative estimate of drug-likeness (QED) is 0.814. The Morgan fingerprint density at radius 3 is 2.86 bits per heavy atom. The van der Waals surface area contributed by atoms with Gasteiger partial charge in [0.05, 0.1) is 17.5 Å². The van der Waals surface area contributed by atoms with Gasteiger partial charge in [0.25, 0.3) is 0 Å². The van der Waals surface area contributed by atoms with E-state index in [4.69, 9.17) is 0 Å². The molecule has 1 saturated heterocycles. The summed E-state index contributed by atoms with van der Waals surface area (Å²) in [4.78, 5) is 23.9. The van der Waals surface area contributed by atoms with Crippen molar-refractivity contribution in [3.05, 3.63) is 54.6 Å². The van der Waals surface area contributed by atoms with Crippen molar-refractivity contribution in [2.24, 2.45) is 0 Å². The van der Waals surface area contributed by atoms with E-state index in [1.165, 1.54) is 0 Å². The number of rotatable bonds is 4. The molecule has 0 radical (unpaired) electrons. The smallest absolute Gasteiger partial charge is 0.233 e. The van der Waals surface area contributed by atoms with E-state index < -0.39 is 0 Å². The molecule has 1 atom stereocenters. The van der Waals surface area contributed by atoms with Gasteiger partial charge in [0.1, 0.15) is 0 Å². The van der Waals surface area contributed by atoms with Gasteiger partial charge in [-0.05, 0) is 37.1 Å². The van der Waals surface area contributed by atoms with Crippen LogP contribution in [0.25, 0.3) is 0 Å². The van der Waals surface area contributed by atoms with Crippen molar-refractivity contribution < 1.29 is 4.79 Å². The molecule has 0 bridgehead atoms. The minimum Gasteiger partial charge on any atom is -0.333 e. The van der Waals surface area contributed by atoms with Gasteiger partial charge in [-0.2, -0.15) is 0 Å². The number of hydrogen-bond acceptors (Lipinski definition) is 4. The molecule has 1 fully saturated rings. The molecule has 0 saturated carbocycles. The molecule has 3 rings (SSSR count). The van der Waals surface area contributed by atoms with Gasteiger partial charge in [-0.25, -0.2) is 0 Å². The zero-order valence-corrected chi connectivity index (χ0v) is 12.5. The van der Waals surface area contributed by atoms with Gasteiger partial charge in [0.2, 0.25) is 5.91 Å². The molecule has 2 aromatic rings. The van der Waals surface area contributed by atoms with Crippen LogP contribution in [0, 0.1) is 0 Å². The van der Waals surface area contributed by atoms with Crippen LogP contribution in [0.2, 0.25) is 0 Å². The van der Waals surface area contributed by atoms with E-state index in [0.29, 0.717) is 5.75 Å². The summed E-state index contributed by atoms with van der Waals surface area (Å²) in [6.45, 7) is 0.830. The molecule has 108 valence electrons. The van der Waals surface area contributed by atoms with Crippen LogP contribution in [-0.4, -0.2) is 33.1 Å². The molecule has 1 aliphatic rings. The SMILES string of the molecule is O=C(CSc1ccncc1)N1CCCC1c1ccccn1. The first-order valence-electron chi connectivity index (χ1n) is 7.08. The van der Waals surface area contributed by atoms with Crippen molar-refractivity contribution in [1.29, 1.82) is 0 Å². The molecule has 0 spiro atoms. The third-order valence-electron chi connectivity index (χ3n) is 3.61. The standard InChI is InChI=1S/C16H17N3OS/c20-16(12-21-13-6-9-17-10-7-13)19-11-3-5-15(19)14-4-1-2-8-18-14/h1-2,4,6-10,15H,3,5,11-12H2. The monoisotopic (exact) mass is 299 g/mol. The minimum atomic E-state index is 0.136. The van der Waals surface area contributed by atoms with Crippen molar-refractivity contribution in [3.8, 4) is 0 Å². The molecular formula is C16H17N3OS. The Morgan fingerprint density at radius 2 is 2.10 bits per heavy atom. The van der Waals surface area contributed by atoms with Gasteiger partial charge in [-0.3, -0.25) is 14.8 Å². The Kier molecular flexibility index (Phi) is 4.50. The number of carbonyl (C=O) groups excluding carboxylic acids is 1. The Labute approximate surface area is 128 Å². The van der Waals surface area contributed by atoms with Crippen LogP contribution in [0.5, 0.6) is 0 Å².